The molecule has 1 saturated heterocycles. The predicted molar refractivity (Wildman–Crippen MR) is 104 cm³/mol. The van der Waals surface area contributed by atoms with Gasteiger partial charge in [-0.1, -0.05) is 25.8 Å². The standard InChI is InChI=1S/C20H24N4O5/c1-4-5-9-20(3)18(27)24(19(28)23-20)12-16(25)29-13(2)17(26)22-15-8-6-7-14(10-15)11-21/h6-8,10,13H,4-5,9,12H2,1-3H3,(H,22,26)(H,23,28)/t13-,20+/m1/s1. The van der Waals surface area contributed by atoms with Gasteiger partial charge in [0.25, 0.3) is 11.8 Å². The summed E-state index contributed by atoms with van der Waals surface area (Å²) in [5.41, 5.74) is -0.280. The molecule has 4 amide bonds. The van der Waals surface area contributed by atoms with Gasteiger partial charge in [-0.05, 0) is 38.5 Å². The van der Waals surface area contributed by atoms with Crippen molar-refractivity contribution in [1.29, 1.82) is 5.26 Å². The molecule has 1 aliphatic heterocycles. The highest BCUT2D eigenvalue weighted by molar-refractivity contribution is 6.08. The van der Waals surface area contributed by atoms with E-state index < -0.39 is 42.0 Å². The van der Waals surface area contributed by atoms with E-state index in [9.17, 15) is 19.2 Å². The van der Waals surface area contributed by atoms with Gasteiger partial charge in [-0.3, -0.25) is 19.3 Å². The van der Waals surface area contributed by atoms with Gasteiger partial charge >= 0.3 is 12.0 Å². The molecule has 1 aromatic carbocycles. The molecule has 154 valence electrons. The molecule has 2 rings (SSSR count). The molecule has 0 radical (unpaired) electrons. The van der Waals surface area contributed by atoms with Gasteiger partial charge in [0.2, 0.25) is 0 Å². The number of benzene rings is 1. The van der Waals surface area contributed by atoms with Crippen LogP contribution >= 0.6 is 0 Å². The van der Waals surface area contributed by atoms with Crippen molar-refractivity contribution >= 4 is 29.5 Å². The Kier molecular flexibility index (Phi) is 6.93. The Morgan fingerprint density at radius 3 is 2.76 bits per heavy atom. The third-order valence-electron chi connectivity index (χ3n) is 4.60. The quantitative estimate of drug-likeness (QED) is 0.507. The molecule has 9 heteroatoms. The minimum Gasteiger partial charge on any atom is -0.451 e. The van der Waals surface area contributed by atoms with E-state index in [1.807, 2.05) is 13.0 Å². The summed E-state index contributed by atoms with van der Waals surface area (Å²) in [4.78, 5) is 49.8. The summed E-state index contributed by atoms with van der Waals surface area (Å²) in [6, 6.07) is 7.58. The summed E-state index contributed by atoms with van der Waals surface area (Å²) in [5.74, 6) is -1.96. The number of ether oxygens (including phenoxy) is 1. The Morgan fingerprint density at radius 2 is 2.10 bits per heavy atom. The van der Waals surface area contributed by atoms with Crippen molar-refractivity contribution in [3.8, 4) is 6.07 Å². The fourth-order valence-corrected chi connectivity index (χ4v) is 2.92. The van der Waals surface area contributed by atoms with Gasteiger partial charge in [-0.25, -0.2) is 4.79 Å². The van der Waals surface area contributed by atoms with Crippen molar-refractivity contribution < 1.29 is 23.9 Å². The first-order valence-corrected chi connectivity index (χ1v) is 9.34. The molecule has 0 unspecified atom stereocenters. The van der Waals surface area contributed by atoms with Crippen molar-refractivity contribution in [3.05, 3.63) is 29.8 Å². The summed E-state index contributed by atoms with van der Waals surface area (Å²) >= 11 is 0. The lowest BCUT2D eigenvalue weighted by Crippen LogP contribution is -2.44. The molecule has 0 aliphatic carbocycles. The highest BCUT2D eigenvalue weighted by Gasteiger charge is 2.48. The van der Waals surface area contributed by atoms with E-state index in [4.69, 9.17) is 10.00 Å². The SMILES string of the molecule is CCCC[C@]1(C)NC(=O)N(CC(=O)O[C@H](C)C(=O)Nc2cccc(C#N)c2)C1=O. The minimum atomic E-state index is -1.15. The maximum Gasteiger partial charge on any atom is 0.327 e. The molecule has 0 spiro atoms. The van der Waals surface area contributed by atoms with E-state index in [-0.39, 0.29) is 0 Å². The van der Waals surface area contributed by atoms with Crippen LogP contribution in [-0.2, 0) is 19.1 Å². The lowest BCUT2D eigenvalue weighted by atomic mass is 9.95. The average molecular weight is 400 g/mol. The first-order valence-electron chi connectivity index (χ1n) is 9.34. The zero-order chi connectivity index (χ0) is 21.6. The minimum absolute atomic E-state index is 0.372. The maximum atomic E-state index is 12.5. The van der Waals surface area contributed by atoms with Gasteiger partial charge in [0.15, 0.2) is 6.10 Å². The van der Waals surface area contributed by atoms with E-state index in [0.717, 1.165) is 17.7 Å². The number of urea groups is 1. The first-order chi connectivity index (χ1) is 13.7. The van der Waals surface area contributed by atoms with Crippen molar-refractivity contribution in [1.82, 2.24) is 10.2 Å². The second-order valence-electron chi connectivity index (χ2n) is 7.07. The number of esters is 1. The molecule has 0 aromatic heterocycles. The maximum absolute atomic E-state index is 12.5. The average Bonchev–Trinajstić information content (AvgIpc) is 2.89. The number of hydrogen-bond acceptors (Lipinski definition) is 6. The third kappa shape index (κ3) is 5.31. The molecule has 1 heterocycles. The molecule has 0 saturated carbocycles. The number of carbonyl (C=O) groups is 4. The molecule has 2 N–H and O–H groups in total. The zero-order valence-electron chi connectivity index (χ0n) is 16.7. The van der Waals surface area contributed by atoms with Crippen LogP contribution in [0.25, 0.3) is 0 Å². The van der Waals surface area contributed by atoms with E-state index in [0.29, 0.717) is 17.7 Å². The van der Waals surface area contributed by atoms with Crippen molar-refractivity contribution in [2.24, 2.45) is 0 Å². The number of rotatable bonds is 8. The number of imide groups is 1. The normalized spacial score (nSPS) is 19.3. The highest BCUT2D eigenvalue weighted by Crippen LogP contribution is 2.23. The van der Waals surface area contributed by atoms with Crippen LogP contribution in [0.2, 0.25) is 0 Å². The summed E-state index contributed by atoms with van der Waals surface area (Å²) in [6.07, 6.45) is 0.941. The van der Waals surface area contributed by atoms with E-state index in [2.05, 4.69) is 10.6 Å². The fourth-order valence-electron chi connectivity index (χ4n) is 2.92. The number of unbranched alkanes of at least 4 members (excludes halogenated alkanes) is 1. The Hall–Kier alpha value is -3.41. The topological polar surface area (TPSA) is 129 Å². The monoisotopic (exact) mass is 400 g/mol. The molecular formula is C20H24N4O5. The number of nitrogens with zero attached hydrogens (tertiary/aromatic N) is 2. The van der Waals surface area contributed by atoms with Gasteiger partial charge in [-0.2, -0.15) is 5.26 Å². The van der Waals surface area contributed by atoms with Crippen LogP contribution in [0.5, 0.6) is 0 Å². The van der Waals surface area contributed by atoms with Gasteiger partial charge in [-0.15, -0.1) is 0 Å². The summed E-state index contributed by atoms with van der Waals surface area (Å²) in [6.45, 7) is 4.40. The molecule has 1 aliphatic rings. The smallest absolute Gasteiger partial charge is 0.327 e. The number of carbonyl (C=O) groups excluding carboxylic acids is 4. The van der Waals surface area contributed by atoms with Crippen LogP contribution in [0, 0.1) is 11.3 Å². The first kappa shape index (κ1) is 21.9. The van der Waals surface area contributed by atoms with Crippen LogP contribution in [0.15, 0.2) is 24.3 Å². The Labute approximate surface area is 169 Å². The van der Waals surface area contributed by atoms with Crippen LogP contribution in [0.4, 0.5) is 10.5 Å². The van der Waals surface area contributed by atoms with Gasteiger partial charge in [0, 0.05) is 5.69 Å². The molecular weight excluding hydrogens is 376 g/mol. The van der Waals surface area contributed by atoms with Crippen LogP contribution in [-0.4, -0.2) is 46.9 Å². The Bertz CT molecular complexity index is 863. The number of anilines is 1. The number of amides is 4. The lowest BCUT2D eigenvalue weighted by molar-refractivity contribution is -0.155. The summed E-state index contributed by atoms with van der Waals surface area (Å²) in [5, 5.41) is 14.0. The predicted octanol–water partition coefficient (Wildman–Crippen LogP) is 1.93. The number of hydrogen-bond donors (Lipinski definition) is 2. The van der Waals surface area contributed by atoms with Crippen molar-refractivity contribution in [2.75, 3.05) is 11.9 Å². The molecule has 1 aromatic rings. The van der Waals surface area contributed by atoms with Gasteiger partial charge in [0.05, 0.1) is 11.6 Å². The van der Waals surface area contributed by atoms with E-state index in [1.54, 1.807) is 25.1 Å². The van der Waals surface area contributed by atoms with Crippen LogP contribution < -0.4 is 10.6 Å². The second kappa shape index (κ2) is 9.19. The lowest BCUT2D eigenvalue weighted by Gasteiger charge is -2.21. The molecule has 2 atom stereocenters. The number of nitriles is 1. The number of nitrogens with one attached hydrogen (secondary N) is 2. The van der Waals surface area contributed by atoms with Crippen molar-refractivity contribution in [3.63, 3.8) is 0 Å². The second-order valence-corrected chi connectivity index (χ2v) is 7.07. The molecule has 9 nitrogen and oxygen atoms in total. The molecule has 29 heavy (non-hydrogen) atoms. The van der Waals surface area contributed by atoms with Crippen molar-refractivity contribution in [2.45, 2.75) is 51.7 Å². The molecule has 0 bridgehead atoms. The Balaban J connectivity index is 1.92. The van der Waals surface area contributed by atoms with Gasteiger partial charge < -0.3 is 15.4 Å². The van der Waals surface area contributed by atoms with Crippen LogP contribution in [0.3, 0.4) is 0 Å². The van der Waals surface area contributed by atoms with E-state index in [1.165, 1.54) is 13.0 Å². The van der Waals surface area contributed by atoms with Gasteiger partial charge in [0.1, 0.15) is 12.1 Å². The zero-order valence-corrected chi connectivity index (χ0v) is 16.7. The highest BCUT2D eigenvalue weighted by atomic mass is 16.5. The summed E-state index contributed by atoms with van der Waals surface area (Å²) < 4.78 is 5.06. The van der Waals surface area contributed by atoms with E-state index >= 15 is 0 Å². The Morgan fingerprint density at radius 1 is 1.38 bits per heavy atom. The third-order valence-corrected chi connectivity index (χ3v) is 4.60. The summed E-state index contributed by atoms with van der Waals surface area (Å²) in [7, 11) is 0. The largest absolute Gasteiger partial charge is 0.451 e. The van der Waals surface area contributed by atoms with Crippen LogP contribution in [0.1, 0.15) is 45.6 Å². The fraction of sp³-hybridized carbons (Fsp3) is 0.450. The molecule has 1 fully saturated rings.